The van der Waals surface area contributed by atoms with Crippen molar-refractivity contribution in [3.8, 4) is 11.5 Å². The number of hydrogen-bond donors (Lipinski definition) is 1. The highest BCUT2D eigenvalue weighted by atomic mass is 19.1. The summed E-state index contributed by atoms with van der Waals surface area (Å²) in [5.41, 5.74) is 1.17. The van der Waals surface area contributed by atoms with E-state index in [1.165, 1.54) is 6.07 Å². The number of aliphatic hydroxyl groups is 1. The minimum absolute atomic E-state index is 0.00193. The van der Waals surface area contributed by atoms with Crippen molar-refractivity contribution in [1.82, 2.24) is 4.90 Å². The molecule has 0 spiro atoms. The van der Waals surface area contributed by atoms with Gasteiger partial charge in [-0.3, -0.25) is 4.90 Å². The topological polar surface area (TPSA) is 45.2 Å². The minimum atomic E-state index is -0.273. The summed E-state index contributed by atoms with van der Waals surface area (Å²) in [5, 5.41) is 9.49. The molecule has 0 amide bonds. The Hall–Kier alpha value is -2.31. The van der Waals surface area contributed by atoms with Crippen LogP contribution in [0.2, 0.25) is 0 Å². The molecule has 2 heterocycles. The van der Waals surface area contributed by atoms with Crippen LogP contribution in [0.5, 0.6) is 11.5 Å². The standard InChI is InChI=1S/C20H23FN2O3/c21-17-5-3-4-15(13-24)20(17)23-10-8-22(9-11-23)12-16-14-25-18-6-1-2-7-19(18)26-16/h1-7,16,24H,8-14H2. The maximum absolute atomic E-state index is 14.2. The van der Waals surface area contributed by atoms with E-state index in [1.807, 2.05) is 29.2 Å². The quantitative estimate of drug-likeness (QED) is 0.909. The van der Waals surface area contributed by atoms with Crippen LogP contribution in [0.4, 0.5) is 10.1 Å². The van der Waals surface area contributed by atoms with E-state index in [1.54, 1.807) is 12.1 Å². The highest BCUT2D eigenvalue weighted by Crippen LogP contribution is 2.31. The first-order valence-corrected chi connectivity index (χ1v) is 8.98. The molecule has 5 nitrogen and oxygen atoms in total. The monoisotopic (exact) mass is 358 g/mol. The largest absolute Gasteiger partial charge is 0.486 e. The number of para-hydroxylation sites is 3. The summed E-state index contributed by atoms with van der Waals surface area (Å²) in [6.45, 7) is 4.25. The maximum Gasteiger partial charge on any atom is 0.161 e. The molecule has 4 rings (SSSR count). The normalized spacial score (nSPS) is 20.2. The summed E-state index contributed by atoms with van der Waals surface area (Å²) >= 11 is 0. The van der Waals surface area contributed by atoms with Gasteiger partial charge in [0.2, 0.25) is 0 Å². The molecule has 2 aromatic rings. The molecular formula is C20H23FN2O3. The van der Waals surface area contributed by atoms with Gasteiger partial charge in [0.25, 0.3) is 0 Å². The van der Waals surface area contributed by atoms with Crippen LogP contribution in [0.25, 0.3) is 0 Å². The average Bonchev–Trinajstić information content (AvgIpc) is 2.68. The van der Waals surface area contributed by atoms with Crippen LogP contribution in [0, 0.1) is 5.82 Å². The zero-order valence-corrected chi connectivity index (χ0v) is 14.6. The Morgan fingerprint density at radius 1 is 1.00 bits per heavy atom. The van der Waals surface area contributed by atoms with Gasteiger partial charge >= 0.3 is 0 Å². The minimum Gasteiger partial charge on any atom is -0.486 e. The SMILES string of the molecule is OCc1cccc(F)c1N1CCN(CC2COc3ccccc3O2)CC1. The molecule has 0 bridgehead atoms. The van der Waals surface area contributed by atoms with Crippen LogP contribution in [0.3, 0.4) is 0 Å². The molecule has 0 radical (unpaired) electrons. The van der Waals surface area contributed by atoms with Gasteiger partial charge in [-0.1, -0.05) is 24.3 Å². The third kappa shape index (κ3) is 3.48. The summed E-state index contributed by atoms with van der Waals surface area (Å²) in [5.74, 6) is 1.32. The zero-order chi connectivity index (χ0) is 17.9. The number of nitrogens with zero attached hydrogens (tertiary/aromatic N) is 2. The third-order valence-electron chi connectivity index (χ3n) is 4.96. The summed E-state index contributed by atoms with van der Waals surface area (Å²) in [6.07, 6.45) is -0.00193. The van der Waals surface area contributed by atoms with E-state index in [4.69, 9.17) is 9.47 Å². The predicted molar refractivity (Wildman–Crippen MR) is 97.3 cm³/mol. The van der Waals surface area contributed by atoms with Gasteiger partial charge in [0, 0.05) is 38.3 Å². The average molecular weight is 358 g/mol. The van der Waals surface area contributed by atoms with Crippen LogP contribution < -0.4 is 14.4 Å². The van der Waals surface area contributed by atoms with Gasteiger partial charge in [0.05, 0.1) is 12.3 Å². The summed E-state index contributed by atoms with van der Waals surface area (Å²) < 4.78 is 26.0. The Morgan fingerprint density at radius 3 is 2.54 bits per heavy atom. The van der Waals surface area contributed by atoms with Gasteiger partial charge in [0.15, 0.2) is 11.5 Å². The lowest BCUT2D eigenvalue weighted by Crippen LogP contribution is -2.51. The summed E-state index contributed by atoms with van der Waals surface area (Å²) in [7, 11) is 0. The lowest BCUT2D eigenvalue weighted by atomic mass is 10.1. The van der Waals surface area contributed by atoms with Gasteiger partial charge in [-0.05, 0) is 18.2 Å². The Kier molecular flexibility index (Phi) is 4.95. The fourth-order valence-corrected chi connectivity index (χ4v) is 3.64. The molecule has 2 aliphatic rings. The lowest BCUT2D eigenvalue weighted by Gasteiger charge is -2.39. The third-order valence-corrected chi connectivity index (χ3v) is 4.96. The van der Waals surface area contributed by atoms with E-state index in [2.05, 4.69) is 4.90 Å². The van der Waals surface area contributed by atoms with E-state index in [0.717, 1.165) is 44.2 Å². The number of rotatable bonds is 4. The van der Waals surface area contributed by atoms with E-state index in [-0.39, 0.29) is 18.5 Å². The zero-order valence-electron chi connectivity index (χ0n) is 14.6. The van der Waals surface area contributed by atoms with Gasteiger partial charge in [-0.15, -0.1) is 0 Å². The van der Waals surface area contributed by atoms with E-state index in [0.29, 0.717) is 17.9 Å². The Labute approximate surface area is 152 Å². The maximum atomic E-state index is 14.2. The molecule has 1 unspecified atom stereocenters. The number of piperazine rings is 1. The van der Waals surface area contributed by atoms with E-state index >= 15 is 0 Å². The van der Waals surface area contributed by atoms with Gasteiger partial charge < -0.3 is 19.5 Å². The van der Waals surface area contributed by atoms with Gasteiger partial charge in [-0.2, -0.15) is 0 Å². The fourth-order valence-electron chi connectivity index (χ4n) is 3.64. The van der Waals surface area contributed by atoms with Crippen molar-refractivity contribution in [1.29, 1.82) is 0 Å². The molecule has 1 atom stereocenters. The second kappa shape index (κ2) is 7.51. The first kappa shape index (κ1) is 17.1. The van der Waals surface area contributed by atoms with Crippen molar-refractivity contribution in [2.24, 2.45) is 0 Å². The molecule has 2 aliphatic heterocycles. The van der Waals surface area contributed by atoms with Crippen molar-refractivity contribution >= 4 is 5.69 Å². The second-order valence-electron chi connectivity index (χ2n) is 6.69. The van der Waals surface area contributed by atoms with E-state index in [9.17, 15) is 9.50 Å². The molecular weight excluding hydrogens is 335 g/mol. The number of halogens is 1. The van der Waals surface area contributed by atoms with Crippen LogP contribution in [-0.2, 0) is 6.61 Å². The Balaban J connectivity index is 1.35. The molecule has 0 aliphatic carbocycles. The summed E-state index contributed by atoms with van der Waals surface area (Å²) in [6, 6.07) is 12.6. The highest BCUT2D eigenvalue weighted by Gasteiger charge is 2.26. The summed E-state index contributed by atoms with van der Waals surface area (Å²) in [4.78, 5) is 4.34. The van der Waals surface area contributed by atoms with Crippen LogP contribution >= 0.6 is 0 Å². The number of ether oxygens (including phenoxy) is 2. The second-order valence-corrected chi connectivity index (χ2v) is 6.69. The van der Waals surface area contributed by atoms with Gasteiger partial charge in [-0.25, -0.2) is 4.39 Å². The Bertz CT molecular complexity index is 762. The van der Waals surface area contributed by atoms with Crippen molar-refractivity contribution in [3.05, 3.63) is 53.8 Å². The molecule has 1 fully saturated rings. The molecule has 0 saturated carbocycles. The molecule has 0 aromatic heterocycles. The number of aliphatic hydroxyl groups excluding tert-OH is 1. The van der Waals surface area contributed by atoms with Crippen molar-refractivity contribution in [2.75, 3.05) is 44.2 Å². The molecule has 2 aromatic carbocycles. The first-order valence-electron chi connectivity index (χ1n) is 8.98. The van der Waals surface area contributed by atoms with E-state index < -0.39 is 0 Å². The molecule has 1 saturated heterocycles. The molecule has 138 valence electrons. The molecule has 26 heavy (non-hydrogen) atoms. The number of benzene rings is 2. The smallest absolute Gasteiger partial charge is 0.161 e. The van der Waals surface area contributed by atoms with Crippen molar-refractivity contribution < 1.29 is 19.0 Å². The number of anilines is 1. The van der Waals surface area contributed by atoms with Crippen LogP contribution in [0.1, 0.15) is 5.56 Å². The van der Waals surface area contributed by atoms with Crippen LogP contribution in [0.15, 0.2) is 42.5 Å². The van der Waals surface area contributed by atoms with Crippen molar-refractivity contribution in [2.45, 2.75) is 12.7 Å². The Morgan fingerprint density at radius 2 is 1.77 bits per heavy atom. The number of hydrogen-bond acceptors (Lipinski definition) is 5. The highest BCUT2D eigenvalue weighted by molar-refractivity contribution is 5.55. The fraction of sp³-hybridized carbons (Fsp3) is 0.400. The molecule has 6 heteroatoms. The molecule has 1 N–H and O–H groups in total. The lowest BCUT2D eigenvalue weighted by molar-refractivity contribution is 0.0571. The predicted octanol–water partition coefficient (Wildman–Crippen LogP) is 2.28. The van der Waals surface area contributed by atoms with Gasteiger partial charge in [0.1, 0.15) is 18.5 Å². The number of fused-ring (bicyclic) bond motifs is 1. The first-order chi connectivity index (χ1) is 12.7. The van der Waals surface area contributed by atoms with Crippen LogP contribution in [-0.4, -0.2) is 55.4 Å². The van der Waals surface area contributed by atoms with Crippen molar-refractivity contribution in [3.63, 3.8) is 0 Å².